The molecule has 2 rings (SSSR count). The molecule has 1 unspecified atom stereocenters. The van der Waals surface area contributed by atoms with Crippen molar-refractivity contribution >= 4 is 11.8 Å². The molecule has 0 bridgehead atoms. The normalized spacial score (nSPS) is 23.8. The van der Waals surface area contributed by atoms with Crippen LogP contribution in [0.2, 0.25) is 0 Å². The molecule has 4 nitrogen and oxygen atoms in total. The zero-order chi connectivity index (χ0) is 13.6. The van der Waals surface area contributed by atoms with E-state index in [-0.39, 0.29) is 5.54 Å². The first-order chi connectivity index (χ1) is 8.50. The highest BCUT2D eigenvalue weighted by molar-refractivity contribution is 5.88. The zero-order valence-corrected chi connectivity index (χ0v) is 11.5. The zero-order valence-electron chi connectivity index (χ0n) is 11.5. The molecule has 1 atom stereocenters. The molecule has 0 aromatic rings. The Balaban J connectivity index is 0.000000180. The first kappa shape index (κ1) is 14.5. The number of aliphatic imine (C=N–C) groups is 2. The second-order valence-corrected chi connectivity index (χ2v) is 4.80. The summed E-state index contributed by atoms with van der Waals surface area (Å²) in [5.41, 5.74) is -0.0382. The fourth-order valence-corrected chi connectivity index (χ4v) is 1.47. The number of hydrogen-bond acceptors (Lipinski definition) is 4. The van der Waals surface area contributed by atoms with Crippen LogP contribution in [0.5, 0.6) is 0 Å². The summed E-state index contributed by atoms with van der Waals surface area (Å²) in [4.78, 5) is 8.42. The van der Waals surface area contributed by atoms with Crippen LogP contribution < -0.4 is 0 Å². The minimum Gasteiger partial charge on any atom is -0.476 e. The van der Waals surface area contributed by atoms with Gasteiger partial charge in [-0.15, -0.1) is 0 Å². The molecule has 0 amide bonds. The predicted molar refractivity (Wildman–Crippen MR) is 75.3 cm³/mol. The highest BCUT2D eigenvalue weighted by Crippen LogP contribution is 2.16. The van der Waals surface area contributed by atoms with Gasteiger partial charge in [0.25, 0.3) is 0 Å². The van der Waals surface area contributed by atoms with Gasteiger partial charge in [0.1, 0.15) is 13.2 Å². The van der Waals surface area contributed by atoms with E-state index in [4.69, 9.17) is 9.47 Å². The standard InChI is InChI=1S/2C7H11NO/c1-4-6-8-7(2,3)5-9-6;1-3-6-5-9-7(4-2)8-6/h4H,1,5H2,2-3H3;4,6H,2-3,5H2,1H3. The van der Waals surface area contributed by atoms with Crippen molar-refractivity contribution in [3.8, 4) is 0 Å². The van der Waals surface area contributed by atoms with Gasteiger partial charge in [-0.2, -0.15) is 0 Å². The lowest BCUT2D eigenvalue weighted by Crippen LogP contribution is -2.17. The van der Waals surface area contributed by atoms with Crippen LogP contribution >= 0.6 is 0 Å². The Kier molecular flexibility index (Phi) is 5.13. The van der Waals surface area contributed by atoms with Crippen molar-refractivity contribution in [2.75, 3.05) is 13.2 Å². The van der Waals surface area contributed by atoms with E-state index in [9.17, 15) is 0 Å². The summed E-state index contributed by atoms with van der Waals surface area (Å²) in [5, 5.41) is 0. The molecule has 4 heteroatoms. The number of ether oxygens (including phenoxy) is 2. The van der Waals surface area contributed by atoms with Gasteiger partial charge in [-0.3, -0.25) is 0 Å². The first-order valence-corrected chi connectivity index (χ1v) is 6.19. The van der Waals surface area contributed by atoms with Gasteiger partial charge in [-0.1, -0.05) is 20.1 Å². The van der Waals surface area contributed by atoms with Crippen molar-refractivity contribution < 1.29 is 9.47 Å². The maximum absolute atomic E-state index is 5.15. The molecule has 2 aliphatic heterocycles. The molecule has 18 heavy (non-hydrogen) atoms. The first-order valence-electron chi connectivity index (χ1n) is 6.19. The van der Waals surface area contributed by atoms with Gasteiger partial charge in [-0.05, 0) is 32.4 Å². The molecule has 0 aliphatic carbocycles. The fraction of sp³-hybridized carbons (Fsp3) is 0.571. The van der Waals surface area contributed by atoms with Gasteiger partial charge >= 0.3 is 0 Å². The Morgan fingerprint density at radius 1 is 1.28 bits per heavy atom. The van der Waals surface area contributed by atoms with E-state index >= 15 is 0 Å². The largest absolute Gasteiger partial charge is 0.476 e. The third kappa shape index (κ3) is 4.35. The van der Waals surface area contributed by atoms with Gasteiger partial charge < -0.3 is 9.47 Å². The molecule has 100 valence electrons. The van der Waals surface area contributed by atoms with Gasteiger partial charge in [0, 0.05) is 0 Å². The van der Waals surface area contributed by atoms with Gasteiger partial charge in [0.2, 0.25) is 11.8 Å². The minimum atomic E-state index is -0.0382. The second kappa shape index (κ2) is 6.38. The summed E-state index contributed by atoms with van der Waals surface area (Å²) in [6, 6.07) is 0.373. The van der Waals surface area contributed by atoms with Crippen LogP contribution in [0.15, 0.2) is 35.3 Å². The highest BCUT2D eigenvalue weighted by atomic mass is 16.5. The summed E-state index contributed by atoms with van der Waals surface area (Å²) in [6.07, 6.45) is 4.34. The molecular formula is C14H22N2O2. The van der Waals surface area contributed by atoms with Crippen molar-refractivity contribution in [1.82, 2.24) is 0 Å². The molecule has 0 spiro atoms. The average Bonchev–Trinajstić information content (AvgIpc) is 2.95. The average molecular weight is 250 g/mol. The molecule has 0 aromatic heterocycles. The fourth-order valence-electron chi connectivity index (χ4n) is 1.47. The van der Waals surface area contributed by atoms with E-state index in [0.29, 0.717) is 24.4 Å². The summed E-state index contributed by atoms with van der Waals surface area (Å²) in [5.74, 6) is 1.36. The highest BCUT2D eigenvalue weighted by Gasteiger charge is 2.24. The maximum Gasteiger partial charge on any atom is 0.208 e. The lowest BCUT2D eigenvalue weighted by Gasteiger charge is -2.07. The minimum absolute atomic E-state index is 0.0382. The molecule has 0 saturated heterocycles. The molecule has 0 fully saturated rings. The molecule has 0 radical (unpaired) electrons. The van der Waals surface area contributed by atoms with Crippen LogP contribution in [0, 0.1) is 0 Å². The van der Waals surface area contributed by atoms with E-state index in [2.05, 4.69) is 30.1 Å². The Bertz CT molecular complexity index is 370. The summed E-state index contributed by atoms with van der Waals surface area (Å²) >= 11 is 0. The van der Waals surface area contributed by atoms with E-state index in [1.165, 1.54) is 0 Å². The quantitative estimate of drug-likeness (QED) is 0.773. The van der Waals surface area contributed by atoms with Crippen molar-refractivity contribution in [2.24, 2.45) is 9.98 Å². The molecule has 2 heterocycles. The van der Waals surface area contributed by atoms with Crippen LogP contribution in [0.25, 0.3) is 0 Å². The lowest BCUT2D eigenvalue weighted by atomic mass is 10.1. The van der Waals surface area contributed by atoms with Crippen LogP contribution in [0.4, 0.5) is 0 Å². The van der Waals surface area contributed by atoms with E-state index in [0.717, 1.165) is 13.0 Å². The molecule has 0 aromatic carbocycles. The third-order valence-corrected chi connectivity index (χ3v) is 2.54. The summed E-state index contributed by atoms with van der Waals surface area (Å²) in [7, 11) is 0. The Hall–Kier alpha value is -1.58. The van der Waals surface area contributed by atoms with Gasteiger partial charge in [0.15, 0.2) is 0 Å². The lowest BCUT2D eigenvalue weighted by molar-refractivity contribution is 0.280. The topological polar surface area (TPSA) is 43.2 Å². The Morgan fingerprint density at radius 3 is 2.22 bits per heavy atom. The number of nitrogens with zero attached hydrogens (tertiary/aromatic N) is 2. The van der Waals surface area contributed by atoms with Crippen LogP contribution in [-0.4, -0.2) is 36.6 Å². The monoisotopic (exact) mass is 250 g/mol. The third-order valence-electron chi connectivity index (χ3n) is 2.54. The van der Waals surface area contributed by atoms with Crippen molar-refractivity contribution in [2.45, 2.75) is 38.8 Å². The smallest absolute Gasteiger partial charge is 0.208 e. The Morgan fingerprint density at radius 2 is 1.94 bits per heavy atom. The van der Waals surface area contributed by atoms with Crippen molar-refractivity contribution in [1.29, 1.82) is 0 Å². The summed E-state index contributed by atoms with van der Waals surface area (Å²) < 4.78 is 10.3. The van der Waals surface area contributed by atoms with Crippen molar-refractivity contribution in [3.05, 3.63) is 25.3 Å². The predicted octanol–water partition coefficient (Wildman–Crippen LogP) is 2.76. The van der Waals surface area contributed by atoms with E-state index in [1.54, 1.807) is 12.2 Å². The van der Waals surface area contributed by atoms with E-state index < -0.39 is 0 Å². The van der Waals surface area contributed by atoms with Gasteiger partial charge in [-0.25, -0.2) is 9.98 Å². The van der Waals surface area contributed by atoms with E-state index in [1.807, 2.05) is 13.8 Å². The molecule has 0 N–H and O–H groups in total. The molecule has 2 aliphatic rings. The molecular weight excluding hydrogens is 228 g/mol. The summed E-state index contributed by atoms with van der Waals surface area (Å²) in [6.45, 7) is 14.7. The molecule has 0 saturated carbocycles. The number of rotatable bonds is 3. The second-order valence-electron chi connectivity index (χ2n) is 4.80. The van der Waals surface area contributed by atoms with Crippen molar-refractivity contribution in [3.63, 3.8) is 0 Å². The number of hydrogen-bond donors (Lipinski definition) is 0. The maximum atomic E-state index is 5.15. The van der Waals surface area contributed by atoms with Crippen LogP contribution in [-0.2, 0) is 9.47 Å². The SMILES string of the molecule is C=CC1=NC(C)(C)CO1.C=CC1=NC(CC)CO1. The van der Waals surface area contributed by atoms with Crippen LogP contribution in [0.3, 0.4) is 0 Å². The Labute approximate surface area is 109 Å². The van der Waals surface area contributed by atoms with Crippen LogP contribution in [0.1, 0.15) is 27.2 Å². The van der Waals surface area contributed by atoms with Gasteiger partial charge in [0.05, 0.1) is 11.6 Å².